The molecule has 0 fully saturated rings. The lowest BCUT2D eigenvalue weighted by Crippen LogP contribution is -2.37. The van der Waals surface area contributed by atoms with Gasteiger partial charge < -0.3 is 29.6 Å². The molecule has 0 aromatic heterocycles. The average molecular weight is 416 g/mol. The first-order valence-electron chi connectivity index (χ1n) is 10.0. The quantitative estimate of drug-likeness (QED) is 0.332. The van der Waals surface area contributed by atoms with Gasteiger partial charge in [0.2, 0.25) is 5.75 Å². The van der Waals surface area contributed by atoms with Crippen LogP contribution in [0.15, 0.2) is 47.5 Å². The van der Waals surface area contributed by atoms with E-state index < -0.39 is 0 Å². The Kier molecular flexibility index (Phi) is 9.80. The predicted molar refractivity (Wildman–Crippen MR) is 120 cm³/mol. The summed E-state index contributed by atoms with van der Waals surface area (Å²) < 4.78 is 22.2. The van der Waals surface area contributed by atoms with Gasteiger partial charge in [0, 0.05) is 32.3 Å². The molecule has 0 aliphatic carbocycles. The van der Waals surface area contributed by atoms with Gasteiger partial charge in [-0.25, -0.2) is 0 Å². The standard InChI is InChI=1S/C23H33N3O4/c1-17(18-10-7-6-8-11-18)30-15-9-14-25-23(24-2)26-16-19-12-13-20(27-3)22(29-5)21(19)28-4/h6-8,10-13,17H,9,14-16H2,1-5H3,(H2,24,25,26). The Labute approximate surface area is 179 Å². The van der Waals surface area contributed by atoms with Gasteiger partial charge in [-0.1, -0.05) is 30.3 Å². The summed E-state index contributed by atoms with van der Waals surface area (Å²) in [4.78, 5) is 4.27. The summed E-state index contributed by atoms with van der Waals surface area (Å²) in [7, 11) is 6.56. The summed E-state index contributed by atoms with van der Waals surface area (Å²) in [6.45, 7) is 4.03. The molecule has 0 spiro atoms. The maximum atomic E-state index is 5.91. The molecule has 7 nitrogen and oxygen atoms in total. The van der Waals surface area contributed by atoms with Crippen LogP contribution in [-0.4, -0.2) is 47.5 Å². The van der Waals surface area contributed by atoms with E-state index in [0.717, 1.165) is 18.5 Å². The third kappa shape index (κ3) is 6.56. The van der Waals surface area contributed by atoms with Gasteiger partial charge in [0.15, 0.2) is 17.5 Å². The Hall–Kier alpha value is -2.93. The molecular formula is C23H33N3O4. The number of hydrogen-bond acceptors (Lipinski definition) is 5. The van der Waals surface area contributed by atoms with Crippen LogP contribution in [0.3, 0.4) is 0 Å². The maximum Gasteiger partial charge on any atom is 0.203 e. The van der Waals surface area contributed by atoms with Crippen molar-refractivity contribution in [1.82, 2.24) is 10.6 Å². The lowest BCUT2D eigenvalue weighted by molar-refractivity contribution is 0.0646. The van der Waals surface area contributed by atoms with Gasteiger partial charge in [-0.15, -0.1) is 0 Å². The van der Waals surface area contributed by atoms with Crippen LogP contribution in [0, 0.1) is 0 Å². The van der Waals surface area contributed by atoms with Crippen LogP contribution < -0.4 is 24.8 Å². The summed E-state index contributed by atoms with van der Waals surface area (Å²) >= 11 is 0. The van der Waals surface area contributed by atoms with Crippen molar-refractivity contribution in [2.24, 2.45) is 4.99 Å². The van der Waals surface area contributed by atoms with E-state index in [1.54, 1.807) is 28.4 Å². The highest BCUT2D eigenvalue weighted by atomic mass is 16.5. The molecule has 30 heavy (non-hydrogen) atoms. The molecule has 0 heterocycles. The van der Waals surface area contributed by atoms with Gasteiger partial charge >= 0.3 is 0 Å². The topological polar surface area (TPSA) is 73.3 Å². The summed E-state index contributed by atoms with van der Waals surface area (Å²) in [5, 5.41) is 6.60. The van der Waals surface area contributed by atoms with Crippen molar-refractivity contribution in [3.05, 3.63) is 53.6 Å². The lowest BCUT2D eigenvalue weighted by atomic mass is 10.1. The van der Waals surface area contributed by atoms with Crippen LogP contribution >= 0.6 is 0 Å². The van der Waals surface area contributed by atoms with Crippen molar-refractivity contribution in [2.45, 2.75) is 26.0 Å². The number of ether oxygens (including phenoxy) is 4. The van der Waals surface area contributed by atoms with E-state index >= 15 is 0 Å². The molecule has 2 N–H and O–H groups in total. The first kappa shape index (κ1) is 23.3. The van der Waals surface area contributed by atoms with Crippen LogP contribution in [0.5, 0.6) is 17.2 Å². The van der Waals surface area contributed by atoms with E-state index in [0.29, 0.717) is 36.4 Å². The van der Waals surface area contributed by atoms with Gasteiger partial charge in [-0.2, -0.15) is 0 Å². The van der Waals surface area contributed by atoms with E-state index in [4.69, 9.17) is 18.9 Å². The molecule has 0 amide bonds. The van der Waals surface area contributed by atoms with Crippen LogP contribution in [-0.2, 0) is 11.3 Å². The van der Waals surface area contributed by atoms with Gasteiger partial charge in [0.25, 0.3) is 0 Å². The molecule has 0 radical (unpaired) electrons. The molecule has 7 heteroatoms. The summed E-state index contributed by atoms with van der Waals surface area (Å²) in [5.41, 5.74) is 2.13. The van der Waals surface area contributed by atoms with Crippen molar-refractivity contribution in [3.63, 3.8) is 0 Å². The Morgan fingerprint density at radius 2 is 1.67 bits per heavy atom. The second-order valence-electron chi connectivity index (χ2n) is 6.62. The van der Waals surface area contributed by atoms with Gasteiger partial charge in [-0.3, -0.25) is 4.99 Å². The number of rotatable bonds is 11. The Balaban J connectivity index is 1.79. The molecule has 0 aliphatic rings. The molecule has 0 saturated heterocycles. The molecule has 2 aromatic carbocycles. The highest BCUT2D eigenvalue weighted by molar-refractivity contribution is 5.79. The minimum absolute atomic E-state index is 0.0844. The molecule has 164 valence electrons. The van der Waals surface area contributed by atoms with Crippen LogP contribution in [0.4, 0.5) is 0 Å². The zero-order valence-electron chi connectivity index (χ0n) is 18.5. The van der Waals surface area contributed by atoms with Crippen molar-refractivity contribution < 1.29 is 18.9 Å². The number of nitrogens with zero attached hydrogens (tertiary/aromatic N) is 1. The number of benzene rings is 2. The van der Waals surface area contributed by atoms with Crippen LogP contribution in [0.2, 0.25) is 0 Å². The monoisotopic (exact) mass is 415 g/mol. The molecule has 0 saturated carbocycles. The molecule has 0 aliphatic heterocycles. The minimum Gasteiger partial charge on any atom is -0.493 e. The number of hydrogen-bond donors (Lipinski definition) is 2. The fraction of sp³-hybridized carbons (Fsp3) is 0.435. The van der Waals surface area contributed by atoms with E-state index in [-0.39, 0.29) is 6.10 Å². The van der Waals surface area contributed by atoms with Crippen molar-refractivity contribution in [3.8, 4) is 17.2 Å². The SMILES string of the molecule is CN=C(NCCCOC(C)c1ccccc1)NCc1ccc(OC)c(OC)c1OC. The van der Waals surface area contributed by atoms with Gasteiger partial charge in [-0.05, 0) is 31.0 Å². The van der Waals surface area contributed by atoms with Crippen molar-refractivity contribution in [1.29, 1.82) is 0 Å². The molecule has 1 atom stereocenters. The summed E-state index contributed by atoms with van der Waals surface area (Å²) in [5.74, 6) is 2.56. The fourth-order valence-electron chi connectivity index (χ4n) is 3.06. The number of methoxy groups -OCH3 is 3. The largest absolute Gasteiger partial charge is 0.493 e. The van der Waals surface area contributed by atoms with Crippen LogP contribution in [0.25, 0.3) is 0 Å². The number of guanidine groups is 1. The molecule has 2 aromatic rings. The second-order valence-corrected chi connectivity index (χ2v) is 6.62. The first-order chi connectivity index (χ1) is 14.6. The number of aliphatic imine (C=N–C) groups is 1. The first-order valence-corrected chi connectivity index (χ1v) is 10.0. The highest BCUT2D eigenvalue weighted by Crippen LogP contribution is 2.39. The third-order valence-electron chi connectivity index (χ3n) is 4.71. The Morgan fingerprint density at radius 3 is 2.30 bits per heavy atom. The summed E-state index contributed by atoms with van der Waals surface area (Å²) in [6, 6.07) is 14.0. The van der Waals surface area contributed by atoms with Crippen molar-refractivity contribution in [2.75, 3.05) is 41.5 Å². The predicted octanol–water partition coefficient (Wildman–Crippen LogP) is 3.55. The molecule has 1 unspecified atom stereocenters. The Morgan fingerprint density at radius 1 is 0.933 bits per heavy atom. The minimum atomic E-state index is 0.0844. The smallest absolute Gasteiger partial charge is 0.203 e. The average Bonchev–Trinajstić information content (AvgIpc) is 2.80. The van der Waals surface area contributed by atoms with E-state index in [1.807, 2.05) is 30.3 Å². The van der Waals surface area contributed by atoms with E-state index in [2.05, 4.69) is 34.7 Å². The molecule has 0 bridgehead atoms. The lowest BCUT2D eigenvalue weighted by Gasteiger charge is -2.17. The van der Waals surface area contributed by atoms with Gasteiger partial charge in [0.1, 0.15) is 0 Å². The third-order valence-corrected chi connectivity index (χ3v) is 4.71. The molecule has 2 rings (SSSR count). The zero-order chi connectivity index (χ0) is 21.8. The maximum absolute atomic E-state index is 5.91. The second kappa shape index (κ2) is 12.6. The van der Waals surface area contributed by atoms with Crippen molar-refractivity contribution >= 4 is 5.96 Å². The normalized spacial score (nSPS) is 12.2. The van der Waals surface area contributed by atoms with E-state index in [1.165, 1.54) is 5.56 Å². The Bertz CT molecular complexity index is 797. The molecular weight excluding hydrogens is 382 g/mol. The van der Waals surface area contributed by atoms with Crippen LogP contribution in [0.1, 0.15) is 30.6 Å². The zero-order valence-corrected chi connectivity index (χ0v) is 18.5. The van der Waals surface area contributed by atoms with Gasteiger partial charge in [0.05, 0.1) is 27.4 Å². The van der Waals surface area contributed by atoms with E-state index in [9.17, 15) is 0 Å². The fourth-order valence-corrected chi connectivity index (χ4v) is 3.06. The highest BCUT2D eigenvalue weighted by Gasteiger charge is 2.15. The number of nitrogens with one attached hydrogen (secondary N) is 2. The summed E-state index contributed by atoms with van der Waals surface area (Å²) in [6.07, 6.45) is 0.957.